The van der Waals surface area contributed by atoms with Crippen LogP contribution in [0.15, 0.2) is 39.8 Å². The molecule has 0 aliphatic rings. The Bertz CT molecular complexity index is 1140. The minimum absolute atomic E-state index is 0.0361. The van der Waals surface area contributed by atoms with E-state index in [0.29, 0.717) is 33.6 Å². The Balaban J connectivity index is 2.01. The first-order valence-electron chi connectivity index (χ1n) is 7.43. The average Bonchev–Trinajstić information content (AvgIpc) is 3.02. The number of halogens is 1. The van der Waals surface area contributed by atoms with Gasteiger partial charge in [-0.1, -0.05) is 0 Å². The number of aromatic hydroxyl groups is 1. The quantitative estimate of drug-likeness (QED) is 0.518. The molecule has 0 saturated carbocycles. The van der Waals surface area contributed by atoms with Gasteiger partial charge in [-0.15, -0.1) is 12.6 Å². The number of fused-ring (bicyclic) bond motifs is 2. The van der Waals surface area contributed by atoms with E-state index in [4.69, 9.17) is 9.15 Å². The maximum Gasteiger partial charge on any atom is 0.232 e. The van der Waals surface area contributed by atoms with Crippen molar-refractivity contribution in [2.75, 3.05) is 7.11 Å². The van der Waals surface area contributed by atoms with Gasteiger partial charge in [0, 0.05) is 10.9 Å². The van der Waals surface area contributed by atoms with Crippen LogP contribution in [0.4, 0.5) is 4.39 Å². The number of nitrogens with zero attached hydrogens (tertiary/aromatic N) is 2. The van der Waals surface area contributed by atoms with Gasteiger partial charge in [0.25, 0.3) is 0 Å². The molecule has 0 fully saturated rings. The number of thiol groups is 1. The van der Waals surface area contributed by atoms with Crippen molar-refractivity contribution in [3.63, 3.8) is 0 Å². The zero-order valence-electron chi connectivity index (χ0n) is 13.4. The van der Waals surface area contributed by atoms with E-state index in [0.717, 1.165) is 5.56 Å². The van der Waals surface area contributed by atoms with E-state index >= 15 is 0 Å². The number of aromatic nitrogens is 2. The molecule has 0 atom stereocenters. The Morgan fingerprint density at radius 1 is 1.24 bits per heavy atom. The molecule has 0 aliphatic carbocycles. The van der Waals surface area contributed by atoms with Crippen LogP contribution in [0.1, 0.15) is 5.56 Å². The van der Waals surface area contributed by atoms with Crippen LogP contribution < -0.4 is 4.74 Å². The Labute approximate surface area is 147 Å². The molecule has 0 radical (unpaired) electrons. The summed E-state index contributed by atoms with van der Waals surface area (Å²) in [5.41, 5.74) is 3.25. The van der Waals surface area contributed by atoms with E-state index in [1.165, 1.54) is 19.4 Å². The van der Waals surface area contributed by atoms with Gasteiger partial charge in [0.2, 0.25) is 5.88 Å². The Morgan fingerprint density at radius 2 is 2.04 bits per heavy atom. The van der Waals surface area contributed by atoms with Crippen molar-refractivity contribution < 1.29 is 18.7 Å². The number of rotatable bonds is 2. The van der Waals surface area contributed by atoms with Crippen molar-refractivity contribution in [2.45, 2.75) is 11.8 Å². The van der Waals surface area contributed by atoms with Crippen LogP contribution in [0, 0.1) is 12.7 Å². The first-order valence-corrected chi connectivity index (χ1v) is 7.88. The molecule has 2 aromatic heterocycles. The van der Waals surface area contributed by atoms with Crippen LogP contribution in [-0.2, 0) is 0 Å². The van der Waals surface area contributed by atoms with E-state index in [1.807, 2.05) is 19.1 Å². The van der Waals surface area contributed by atoms with Gasteiger partial charge < -0.3 is 14.3 Å². The summed E-state index contributed by atoms with van der Waals surface area (Å²) in [7, 11) is 1.53. The van der Waals surface area contributed by atoms with Gasteiger partial charge in [-0.25, -0.2) is 14.4 Å². The van der Waals surface area contributed by atoms with E-state index in [2.05, 4.69) is 22.6 Å². The zero-order chi connectivity index (χ0) is 17.7. The second-order valence-corrected chi connectivity index (χ2v) is 6.13. The molecule has 4 rings (SSSR count). The van der Waals surface area contributed by atoms with E-state index < -0.39 is 11.6 Å². The third-order valence-corrected chi connectivity index (χ3v) is 4.34. The van der Waals surface area contributed by atoms with Gasteiger partial charge in [-0.2, -0.15) is 0 Å². The number of phenolic OH excluding ortho intramolecular Hbond substituents is 1. The molecule has 126 valence electrons. The molecular weight excluding hydrogens is 343 g/mol. The lowest BCUT2D eigenvalue weighted by Gasteiger charge is -2.06. The molecule has 1 N–H and O–H groups in total. The summed E-state index contributed by atoms with van der Waals surface area (Å²) in [6, 6.07) is 6.83. The highest BCUT2D eigenvalue weighted by Gasteiger charge is 2.18. The minimum atomic E-state index is -0.810. The number of benzene rings is 2. The highest BCUT2D eigenvalue weighted by atomic mass is 32.1. The average molecular weight is 356 g/mol. The van der Waals surface area contributed by atoms with Gasteiger partial charge in [0.05, 0.1) is 29.2 Å². The SMILES string of the molecule is COc1cnc2c(-c3cc4cc(O)c(F)c(S)c4o3)cc(C)cc2n1. The maximum absolute atomic E-state index is 13.9. The Hall–Kier alpha value is -2.80. The van der Waals surface area contributed by atoms with Crippen molar-refractivity contribution in [3.8, 4) is 23.0 Å². The molecule has 25 heavy (non-hydrogen) atoms. The molecule has 2 aromatic carbocycles. The molecule has 0 aliphatic heterocycles. The molecule has 7 heteroatoms. The predicted molar refractivity (Wildman–Crippen MR) is 94.9 cm³/mol. The third-order valence-electron chi connectivity index (χ3n) is 3.94. The summed E-state index contributed by atoms with van der Waals surface area (Å²) in [6.45, 7) is 1.93. The monoisotopic (exact) mass is 356 g/mol. The van der Waals surface area contributed by atoms with Crippen LogP contribution >= 0.6 is 12.6 Å². The van der Waals surface area contributed by atoms with Gasteiger partial charge >= 0.3 is 0 Å². The smallest absolute Gasteiger partial charge is 0.232 e. The molecular formula is C18H13FN2O3S. The highest BCUT2D eigenvalue weighted by Crippen LogP contribution is 2.38. The number of methoxy groups -OCH3 is 1. The topological polar surface area (TPSA) is 68.4 Å². The van der Waals surface area contributed by atoms with Crippen molar-refractivity contribution in [1.29, 1.82) is 0 Å². The van der Waals surface area contributed by atoms with Crippen LogP contribution in [0.3, 0.4) is 0 Å². The first kappa shape index (κ1) is 15.7. The third kappa shape index (κ3) is 2.47. The van der Waals surface area contributed by atoms with Crippen LogP contribution in [0.25, 0.3) is 33.3 Å². The first-order chi connectivity index (χ1) is 12.0. The van der Waals surface area contributed by atoms with E-state index in [9.17, 15) is 9.50 Å². The normalized spacial score (nSPS) is 11.4. The summed E-state index contributed by atoms with van der Waals surface area (Å²) >= 11 is 4.11. The molecule has 2 heterocycles. The molecule has 0 spiro atoms. The molecule has 5 nitrogen and oxygen atoms in total. The fourth-order valence-electron chi connectivity index (χ4n) is 2.80. The second-order valence-electron chi connectivity index (χ2n) is 5.68. The number of hydrogen-bond acceptors (Lipinski definition) is 6. The van der Waals surface area contributed by atoms with Crippen LogP contribution in [0.5, 0.6) is 11.6 Å². The fraction of sp³-hybridized carbons (Fsp3) is 0.111. The van der Waals surface area contributed by atoms with Gasteiger partial charge in [-0.05, 0) is 36.8 Å². The molecule has 0 saturated heterocycles. The van der Waals surface area contributed by atoms with Gasteiger partial charge in [-0.3, -0.25) is 0 Å². The van der Waals surface area contributed by atoms with E-state index in [1.54, 1.807) is 6.07 Å². The number of phenols is 1. The Morgan fingerprint density at radius 3 is 2.80 bits per heavy atom. The zero-order valence-corrected chi connectivity index (χ0v) is 14.3. The van der Waals surface area contributed by atoms with Gasteiger partial charge in [0.1, 0.15) is 5.76 Å². The summed E-state index contributed by atoms with van der Waals surface area (Å²) in [4.78, 5) is 8.77. The van der Waals surface area contributed by atoms with E-state index in [-0.39, 0.29) is 10.5 Å². The molecule has 0 amide bonds. The van der Waals surface area contributed by atoms with Crippen molar-refractivity contribution in [3.05, 3.63) is 41.8 Å². The van der Waals surface area contributed by atoms with Crippen molar-refractivity contribution in [2.24, 2.45) is 0 Å². The lowest BCUT2D eigenvalue weighted by molar-refractivity contribution is 0.397. The standard InChI is InChI=1S/C18H13FN2O3S/c1-8-3-10(16-11(4-8)21-14(23-2)7-20-16)13-6-9-5-12(22)15(19)18(25)17(9)24-13/h3-7,22,25H,1-2H3. The molecule has 0 bridgehead atoms. The highest BCUT2D eigenvalue weighted by molar-refractivity contribution is 7.80. The number of aryl methyl sites for hydroxylation is 1. The molecule has 0 unspecified atom stereocenters. The van der Waals surface area contributed by atoms with Gasteiger partial charge in [0.15, 0.2) is 17.1 Å². The second kappa shape index (κ2) is 5.63. The fourth-order valence-corrected chi connectivity index (χ4v) is 3.09. The van der Waals surface area contributed by atoms with Crippen molar-refractivity contribution in [1.82, 2.24) is 9.97 Å². The lowest BCUT2D eigenvalue weighted by atomic mass is 10.1. The van der Waals surface area contributed by atoms with Crippen molar-refractivity contribution >= 4 is 34.6 Å². The number of furan rings is 1. The summed E-state index contributed by atoms with van der Waals surface area (Å²) in [6.07, 6.45) is 1.53. The summed E-state index contributed by atoms with van der Waals surface area (Å²) in [5.74, 6) is -0.374. The summed E-state index contributed by atoms with van der Waals surface area (Å²) in [5, 5.41) is 10.2. The number of ether oxygens (including phenoxy) is 1. The van der Waals surface area contributed by atoms with Crippen LogP contribution in [-0.4, -0.2) is 22.2 Å². The predicted octanol–water partition coefficient (Wildman–Crippen LogP) is 4.49. The lowest BCUT2D eigenvalue weighted by Crippen LogP contribution is -1.93. The van der Waals surface area contributed by atoms with Crippen LogP contribution in [0.2, 0.25) is 0 Å². The largest absolute Gasteiger partial charge is 0.505 e. The maximum atomic E-state index is 13.9. The molecule has 4 aromatic rings. The summed E-state index contributed by atoms with van der Waals surface area (Å²) < 4.78 is 24.8. The minimum Gasteiger partial charge on any atom is -0.505 e. The Kier molecular flexibility index (Phi) is 3.54. The number of hydrogen-bond donors (Lipinski definition) is 2.